The molecule has 118 valence electrons. The smallest absolute Gasteiger partial charge is 0.223 e. The van der Waals surface area contributed by atoms with Gasteiger partial charge in [0.1, 0.15) is 0 Å². The van der Waals surface area contributed by atoms with Gasteiger partial charge in [-0.2, -0.15) is 0 Å². The molecular weight excluding hydrogens is 307 g/mol. The Hall–Kier alpha value is -0.770. The molecule has 1 fully saturated rings. The van der Waals surface area contributed by atoms with Crippen LogP contribution in [0.5, 0.6) is 0 Å². The molecule has 21 heavy (non-hydrogen) atoms. The van der Waals surface area contributed by atoms with E-state index < -0.39 is 0 Å². The molecule has 1 amide bonds. The molecule has 0 aliphatic carbocycles. The van der Waals surface area contributed by atoms with Crippen LogP contribution in [0.1, 0.15) is 26.3 Å². The topological polar surface area (TPSA) is 41.1 Å². The normalized spacial score (nSPS) is 16.6. The molecule has 1 aromatic carbocycles. The van der Waals surface area contributed by atoms with Crippen molar-refractivity contribution in [2.75, 3.05) is 19.6 Å². The van der Waals surface area contributed by atoms with E-state index in [1.165, 1.54) is 0 Å². The van der Waals surface area contributed by atoms with Gasteiger partial charge in [-0.15, -0.1) is 12.4 Å². The van der Waals surface area contributed by atoms with Gasteiger partial charge >= 0.3 is 0 Å². The van der Waals surface area contributed by atoms with Crippen LogP contribution in [0.25, 0.3) is 0 Å². The number of amides is 1. The second kappa shape index (κ2) is 7.48. The lowest BCUT2D eigenvalue weighted by molar-refractivity contribution is -0.126. The quantitative estimate of drug-likeness (QED) is 0.871. The van der Waals surface area contributed by atoms with E-state index in [0.29, 0.717) is 12.5 Å². The lowest BCUT2D eigenvalue weighted by atomic mass is 9.84. The largest absolute Gasteiger partial charge is 0.355 e. The third-order valence-electron chi connectivity index (χ3n) is 4.24. The van der Waals surface area contributed by atoms with Gasteiger partial charge in [0.25, 0.3) is 0 Å². The number of carbonyl (C=O) groups is 1. The molecule has 1 aromatic rings. The lowest BCUT2D eigenvalue weighted by Gasteiger charge is -2.33. The first-order valence-corrected chi connectivity index (χ1v) is 7.52. The van der Waals surface area contributed by atoms with Crippen molar-refractivity contribution in [3.63, 3.8) is 0 Å². The molecular formula is C16H24Cl2N2O. The van der Waals surface area contributed by atoms with Gasteiger partial charge in [-0.3, -0.25) is 4.79 Å². The Bertz CT molecular complexity index is 487. The maximum absolute atomic E-state index is 12.2. The van der Waals surface area contributed by atoms with Crippen LogP contribution in [0.2, 0.25) is 5.02 Å². The molecule has 1 aliphatic heterocycles. The number of nitrogens with one attached hydrogen (secondary N) is 2. The monoisotopic (exact) mass is 330 g/mol. The SMILES string of the molecule is CC(C(=O)NCC(C)(C)c1cccc(Cl)c1)C1CNC1.Cl. The highest BCUT2D eigenvalue weighted by atomic mass is 35.5. The fourth-order valence-electron chi connectivity index (χ4n) is 2.36. The van der Waals surface area contributed by atoms with Crippen LogP contribution in [0.4, 0.5) is 0 Å². The van der Waals surface area contributed by atoms with E-state index in [1.54, 1.807) is 0 Å². The van der Waals surface area contributed by atoms with Crippen LogP contribution < -0.4 is 10.6 Å². The zero-order valence-corrected chi connectivity index (χ0v) is 14.4. The highest BCUT2D eigenvalue weighted by Crippen LogP contribution is 2.25. The van der Waals surface area contributed by atoms with Crippen molar-refractivity contribution in [1.82, 2.24) is 10.6 Å². The van der Waals surface area contributed by atoms with Crippen LogP contribution in [-0.2, 0) is 10.2 Å². The Balaban J connectivity index is 0.00000220. The lowest BCUT2D eigenvalue weighted by Crippen LogP contribution is -2.50. The van der Waals surface area contributed by atoms with Gasteiger partial charge in [-0.25, -0.2) is 0 Å². The van der Waals surface area contributed by atoms with E-state index in [2.05, 4.69) is 30.5 Å². The first kappa shape index (κ1) is 18.3. The summed E-state index contributed by atoms with van der Waals surface area (Å²) in [5.74, 6) is 0.697. The van der Waals surface area contributed by atoms with Gasteiger partial charge in [-0.05, 0) is 36.7 Å². The van der Waals surface area contributed by atoms with E-state index in [9.17, 15) is 4.79 Å². The van der Waals surface area contributed by atoms with Crippen LogP contribution in [0.3, 0.4) is 0 Å². The Morgan fingerprint density at radius 1 is 1.48 bits per heavy atom. The van der Waals surface area contributed by atoms with Gasteiger partial charge in [-0.1, -0.05) is 44.5 Å². The zero-order chi connectivity index (χ0) is 14.8. The number of benzene rings is 1. The zero-order valence-electron chi connectivity index (χ0n) is 12.8. The maximum Gasteiger partial charge on any atom is 0.223 e. The molecule has 5 heteroatoms. The van der Waals surface area contributed by atoms with E-state index in [4.69, 9.17) is 11.6 Å². The van der Waals surface area contributed by atoms with Gasteiger partial charge < -0.3 is 10.6 Å². The number of carbonyl (C=O) groups excluding carboxylic acids is 1. The fourth-order valence-corrected chi connectivity index (χ4v) is 2.55. The van der Waals surface area contributed by atoms with Crippen molar-refractivity contribution in [1.29, 1.82) is 0 Å². The first-order valence-electron chi connectivity index (χ1n) is 7.14. The minimum Gasteiger partial charge on any atom is -0.355 e. The Labute approximate surface area is 138 Å². The molecule has 1 unspecified atom stereocenters. The highest BCUT2D eigenvalue weighted by Gasteiger charge is 2.30. The van der Waals surface area contributed by atoms with Crippen molar-refractivity contribution in [3.05, 3.63) is 34.9 Å². The van der Waals surface area contributed by atoms with E-state index in [1.807, 2.05) is 25.1 Å². The van der Waals surface area contributed by atoms with Crippen molar-refractivity contribution < 1.29 is 4.79 Å². The minimum atomic E-state index is -0.127. The molecule has 0 radical (unpaired) electrons. The second-order valence-electron chi connectivity index (χ2n) is 6.32. The van der Waals surface area contributed by atoms with Crippen LogP contribution in [-0.4, -0.2) is 25.5 Å². The molecule has 1 saturated heterocycles. The molecule has 3 nitrogen and oxygen atoms in total. The molecule has 0 bridgehead atoms. The van der Waals surface area contributed by atoms with Crippen molar-refractivity contribution in [2.45, 2.75) is 26.2 Å². The number of hydrogen-bond acceptors (Lipinski definition) is 2. The molecule has 1 atom stereocenters. The Morgan fingerprint density at radius 3 is 2.67 bits per heavy atom. The standard InChI is InChI=1S/C16H23ClN2O.ClH/c1-11(12-8-18-9-12)15(20)19-10-16(2,3)13-5-4-6-14(17)7-13;/h4-7,11-12,18H,8-10H2,1-3H3,(H,19,20);1H. The molecule has 0 spiro atoms. The van der Waals surface area contributed by atoms with Crippen molar-refractivity contribution in [2.24, 2.45) is 11.8 Å². The van der Waals surface area contributed by atoms with Gasteiger partial charge in [0.2, 0.25) is 5.91 Å². The molecule has 0 saturated carbocycles. The predicted octanol–water partition coefficient (Wildman–Crippen LogP) is 3.01. The molecule has 2 rings (SSSR count). The summed E-state index contributed by atoms with van der Waals surface area (Å²) in [7, 11) is 0. The van der Waals surface area contributed by atoms with Crippen LogP contribution in [0, 0.1) is 11.8 Å². The minimum absolute atomic E-state index is 0. The first-order chi connectivity index (χ1) is 9.40. The fraction of sp³-hybridized carbons (Fsp3) is 0.562. The Kier molecular flexibility index (Phi) is 6.51. The van der Waals surface area contributed by atoms with E-state index in [0.717, 1.165) is 23.7 Å². The molecule has 0 aromatic heterocycles. The van der Waals surface area contributed by atoms with Crippen molar-refractivity contribution >= 4 is 29.9 Å². The summed E-state index contributed by atoms with van der Waals surface area (Å²) in [6.07, 6.45) is 0. The summed E-state index contributed by atoms with van der Waals surface area (Å²) in [5.41, 5.74) is 1.02. The van der Waals surface area contributed by atoms with E-state index in [-0.39, 0.29) is 29.6 Å². The predicted molar refractivity (Wildman–Crippen MR) is 90.3 cm³/mol. The number of hydrogen-bond donors (Lipinski definition) is 2. The summed E-state index contributed by atoms with van der Waals surface area (Å²) in [6, 6.07) is 7.83. The molecule has 1 aliphatic rings. The van der Waals surface area contributed by atoms with Gasteiger partial charge in [0.05, 0.1) is 0 Å². The summed E-state index contributed by atoms with van der Waals surface area (Å²) in [4.78, 5) is 12.2. The summed E-state index contributed by atoms with van der Waals surface area (Å²) >= 11 is 6.04. The maximum atomic E-state index is 12.2. The third kappa shape index (κ3) is 4.60. The van der Waals surface area contributed by atoms with Crippen LogP contribution >= 0.6 is 24.0 Å². The van der Waals surface area contributed by atoms with E-state index >= 15 is 0 Å². The van der Waals surface area contributed by atoms with Gasteiger partial charge in [0, 0.05) is 22.9 Å². The summed E-state index contributed by atoms with van der Waals surface area (Å²) in [5, 5.41) is 7.02. The number of halogens is 2. The third-order valence-corrected chi connectivity index (χ3v) is 4.48. The average molecular weight is 331 g/mol. The van der Waals surface area contributed by atoms with Gasteiger partial charge in [0.15, 0.2) is 0 Å². The highest BCUT2D eigenvalue weighted by molar-refractivity contribution is 6.30. The molecule has 1 heterocycles. The van der Waals surface area contributed by atoms with Crippen molar-refractivity contribution in [3.8, 4) is 0 Å². The average Bonchev–Trinajstić information content (AvgIpc) is 2.34. The summed E-state index contributed by atoms with van der Waals surface area (Å²) in [6.45, 7) is 8.77. The number of rotatable bonds is 5. The Morgan fingerprint density at radius 2 is 2.14 bits per heavy atom. The summed E-state index contributed by atoms with van der Waals surface area (Å²) < 4.78 is 0. The van der Waals surface area contributed by atoms with Crippen LogP contribution in [0.15, 0.2) is 24.3 Å². The molecule has 2 N–H and O–H groups in total. The second-order valence-corrected chi connectivity index (χ2v) is 6.76.